The average Bonchev–Trinajstić information content (AvgIpc) is 3.41. The van der Waals surface area contributed by atoms with E-state index in [0.717, 1.165) is 42.1 Å². The number of amides is 1. The number of nitrogens with one attached hydrogen (secondary N) is 1. The molecule has 0 bridgehead atoms. The van der Waals surface area contributed by atoms with E-state index < -0.39 is 0 Å². The van der Waals surface area contributed by atoms with Gasteiger partial charge in [0.15, 0.2) is 5.65 Å². The second kappa shape index (κ2) is 5.72. The number of pyridine rings is 1. The Morgan fingerprint density at radius 1 is 1.27 bits per heavy atom. The molecule has 5 rings (SSSR count). The Morgan fingerprint density at radius 3 is 3.00 bits per heavy atom. The molecular weight excluding hydrogens is 330 g/mol. The van der Waals surface area contributed by atoms with Crippen molar-refractivity contribution in [2.75, 3.05) is 30.4 Å². The molecule has 3 aromatic rings. The minimum atomic E-state index is 0.00711. The zero-order valence-corrected chi connectivity index (χ0v) is 14.5. The summed E-state index contributed by atoms with van der Waals surface area (Å²) < 4.78 is 7.58. The summed E-state index contributed by atoms with van der Waals surface area (Å²) >= 11 is 0. The van der Waals surface area contributed by atoms with Crippen LogP contribution in [0, 0.1) is 5.92 Å². The fourth-order valence-corrected chi connectivity index (χ4v) is 3.25. The van der Waals surface area contributed by atoms with Crippen LogP contribution in [0.1, 0.15) is 12.8 Å². The van der Waals surface area contributed by atoms with Crippen LogP contribution in [0.3, 0.4) is 0 Å². The topological polar surface area (TPSA) is 71.8 Å². The van der Waals surface area contributed by atoms with Crippen LogP contribution in [0.5, 0.6) is 5.75 Å². The van der Waals surface area contributed by atoms with Crippen LogP contribution >= 0.6 is 0 Å². The van der Waals surface area contributed by atoms with Crippen LogP contribution in [0.15, 0.2) is 36.4 Å². The van der Waals surface area contributed by atoms with Gasteiger partial charge in [-0.05, 0) is 37.1 Å². The van der Waals surface area contributed by atoms with Gasteiger partial charge in [-0.2, -0.15) is 4.98 Å². The van der Waals surface area contributed by atoms with Gasteiger partial charge >= 0.3 is 0 Å². The van der Waals surface area contributed by atoms with Crippen molar-refractivity contribution in [3.05, 3.63) is 36.4 Å². The van der Waals surface area contributed by atoms with E-state index in [1.165, 1.54) is 0 Å². The molecule has 1 fully saturated rings. The standard InChI is InChI=1S/C19H19N5O2/c1-23-9-10-26-16-11-13(7-8-15(16)23)14-3-2-4-17-20-19(22-24(14)17)21-18(25)12-5-6-12/h2-4,7-8,11-12H,5-6,9-10H2,1H3,(H,21,22,25). The number of fused-ring (bicyclic) bond motifs is 2. The lowest BCUT2D eigenvalue weighted by Crippen LogP contribution is -2.28. The SMILES string of the molecule is CN1CCOc2cc(-c3cccc4nc(NC(=O)C5CC5)nn34)ccc21. The van der Waals surface area contributed by atoms with Crippen molar-refractivity contribution < 1.29 is 9.53 Å². The second-order valence-electron chi connectivity index (χ2n) is 6.83. The Hall–Kier alpha value is -3.09. The third kappa shape index (κ3) is 2.56. The first-order valence-electron chi connectivity index (χ1n) is 8.84. The summed E-state index contributed by atoms with van der Waals surface area (Å²) in [5.41, 5.74) is 3.68. The Bertz CT molecular complexity index is 1010. The fourth-order valence-electron chi connectivity index (χ4n) is 3.25. The number of ether oxygens (including phenoxy) is 1. The molecule has 0 saturated heterocycles. The Kier molecular flexibility index (Phi) is 3.34. The van der Waals surface area contributed by atoms with Gasteiger partial charge in [-0.25, -0.2) is 4.52 Å². The number of aromatic nitrogens is 3. The molecule has 2 aliphatic rings. The van der Waals surface area contributed by atoms with Crippen LogP contribution in [0.4, 0.5) is 11.6 Å². The molecule has 0 spiro atoms. The summed E-state index contributed by atoms with van der Waals surface area (Å²) in [6.07, 6.45) is 1.90. The molecule has 1 saturated carbocycles. The Balaban J connectivity index is 1.54. The maximum absolute atomic E-state index is 12.0. The molecule has 0 radical (unpaired) electrons. The van der Waals surface area contributed by atoms with Gasteiger partial charge in [0.2, 0.25) is 11.9 Å². The summed E-state index contributed by atoms with van der Waals surface area (Å²) in [4.78, 5) is 18.6. The van der Waals surface area contributed by atoms with Gasteiger partial charge in [0.05, 0.1) is 17.9 Å². The smallest absolute Gasteiger partial charge is 0.249 e. The van der Waals surface area contributed by atoms with E-state index in [-0.39, 0.29) is 11.8 Å². The third-order valence-electron chi connectivity index (χ3n) is 4.89. The van der Waals surface area contributed by atoms with Crippen LogP contribution in [0.25, 0.3) is 16.9 Å². The van der Waals surface area contributed by atoms with Crippen molar-refractivity contribution in [3.63, 3.8) is 0 Å². The molecule has 7 heteroatoms. The van der Waals surface area contributed by atoms with E-state index in [0.29, 0.717) is 18.2 Å². The first-order valence-corrected chi connectivity index (χ1v) is 8.84. The zero-order valence-electron chi connectivity index (χ0n) is 14.5. The third-order valence-corrected chi connectivity index (χ3v) is 4.89. The molecular formula is C19H19N5O2. The van der Waals surface area contributed by atoms with Gasteiger partial charge in [0, 0.05) is 18.5 Å². The molecule has 1 aromatic carbocycles. The summed E-state index contributed by atoms with van der Waals surface area (Å²) in [7, 11) is 2.06. The average molecular weight is 349 g/mol. The van der Waals surface area contributed by atoms with E-state index in [2.05, 4.69) is 39.5 Å². The number of likely N-dealkylation sites (N-methyl/N-ethyl adjacent to an activating group) is 1. The molecule has 0 unspecified atom stereocenters. The lowest BCUT2D eigenvalue weighted by molar-refractivity contribution is -0.117. The Morgan fingerprint density at radius 2 is 2.15 bits per heavy atom. The molecule has 132 valence electrons. The summed E-state index contributed by atoms with van der Waals surface area (Å²) in [6.45, 7) is 1.56. The van der Waals surface area contributed by atoms with E-state index >= 15 is 0 Å². The van der Waals surface area contributed by atoms with Gasteiger partial charge in [0.25, 0.3) is 0 Å². The van der Waals surface area contributed by atoms with Crippen molar-refractivity contribution >= 4 is 23.2 Å². The van der Waals surface area contributed by atoms with Gasteiger partial charge in [-0.1, -0.05) is 12.1 Å². The van der Waals surface area contributed by atoms with Crippen LogP contribution in [0.2, 0.25) is 0 Å². The summed E-state index contributed by atoms with van der Waals surface area (Å²) in [5.74, 6) is 1.35. The predicted octanol–water partition coefficient (Wildman–Crippen LogP) is 2.57. The maximum Gasteiger partial charge on any atom is 0.249 e. The highest BCUT2D eigenvalue weighted by molar-refractivity contribution is 5.92. The first-order chi connectivity index (χ1) is 12.7. The molecule has 1 aliphatic heterocycles. The Labute approximate surface area is 150 Å². The molecule has 7 nitrogen and oxygen atoms in total. The van der Waals surface area contributed by atoms with E-state index in [1.807, 2.05) is 24.3 Å². The number of nitrogens with zero attached hydrogens (tertiary/aromatic N) is 4. The lowest BCUT2D eigenvalue weighted by Gasteiger charge is -2.28. The van der Waals surface area contributed by atoms with Crippen molar-refractivity contribution in [1.82, 2.24) is 14.6 Å². The van der Waals surface area contributed by atoms with E-state index in [4.69, 9.17) is 4.74 Å². The number of hydrogen-bond acceptors (Lipinski definition) is 5. The monoisotopic (exact) mass is 349 g/mol. The number of benzene rings is 1. The number of carbonyl (C=O) groups excluding carboxylic acids is 1. The van der Waals surface area contributed by atoms with Crippen LogP contribution in [-0.2, 0) is 4.79 Å². The molecule has 2 aromatic heterocycles. The number of rotatable bonds is 3. The van der Waals surface area contributed by atoms with Gasteiger partial charge in [-0.15, -0.1) is 5.10 Å². The number of anilines is 2. The van der Waals surface area contributed by atoms with Gasteiger partial charge < -0.3 is 9.64 Å². The normalized spacial score (nSPS) is 16.3. The second-order valence-corrected chi connectivity index (χ2v) is 6.83. The molecule has 26 heavy (non-hydrogen) atoms. The van der Waals surface area contributed by atoms with Crippen molar-refractivity contribution in [2.24, 2.45) is 5.92 Å². The van der Waals surface area contributed by atoms with Crippen LogP contribution in [-0.4, -0.2) is 40.7 Å². The summed E-state index contributed by atoms with van der Waals surface area (Å²) in [5, 5.41) is 7.30. The summed E-state index contributed by atoms with van der Waals surface area (Å²) in [6, 6.07) is 12.0. The van der Waals surface area contributed by atoms with Crippen molar-refractivity contribution in [1.29, 1.82) is 0 Å². The molecule has 0 atom stereocenters. The largest absolute Gasteiger partial charge is 0.490 e. The lowest BCUT2D eigenvalue weighted by atomic mass is 10.1. The number of carbonyl (C=O) groups is 1. The minimum absolute atomic E-state index is 0.00711. The van der Waals surface area contributed by atoms with Gasteiger partial charge in [-0.3, -0.25) is 10.1 Å². The fraction of sp³-hybridized carbons (Fsp3) is 0.316. The zero-order chi connectivity index (χ0) is 17.7. The molecule has 1 amide bonds. The van der Waals surface area contributed by atoms with E-state index in [9.17, 15) is 4.79 Å². The molecule has 1 N–H and O–H groups in total. The maximum atomic E-state index is 12.0. The highest BCUT2D eigenvalue weighted by atomic mass is 16.5. The van der Waals surface area contributed by atoms with Crippen LogP contribution < -0.4 is 15.0 Å². The molecule has 1 aliphatic carbocycles. The van der Waals surface area contributed by atoms with Crippen molar-refractivity contribution in [3.8, 4) is 17.0 Å². The highest BCUT2D eigenvalue weighted by Gasteiger charge is 2.30. The first kappa shape index (κ1) is 15.2. The minimum Gasteiger partial charge on any atom is -0.490 e. The van der Waals surface area contributed by atoms with E-state index in [1.54, 1.807) is 4.52 Å². The predicted molar refractivity (Wildman–Crippen MR) is 98.5 cm³/mol. The quantitative estimate of drug-likeness (QED) is 0.787. The van der Waals surface area contributed by atoms with Gasteiger partial charge in [0.1, 0.15) is 12.4 Å². The molecule has 3 heterocycles. The van der Waals surface area contributed by atoms with Crippen molar-refractivity contribution in [2.45, 2.75) is 12.8 Å². The number of hydrogen-bond donors (Lipinski definition) is 1. The highest BCUT2D eigenvalue weighted by Crippen LogP contribution is 2.35.